The van der Waals surface area contributed by atoms with Gasteiger partial charge < -0.3 is 9.32 Å². The van der Waals surface area contributed by atoms with Crippen molar-refractivity contribution in [1.82, 2.24) is 14.7 Å². The maximum atomic E-state index is 13.1. The molecule has 28 heavy (non-hydrogen) atoms. The number of fused-ring (bicyclic) bond motifs is 1. The Bertz CT molecular complexity index is 1110. The lowest BCUT2D eigenvalue weighted by molar-refractivity contribution is -0.133. The summed E-state index contributed by atoms with van der Waals surface area (Å²) in [5, 5.41) is 7.70. The van der Waals surface area contributed by atoms with Gasteiger partial charge in [-0.3, -0.25) is 9.59 Å². The molecular formula is C21H19N3O3S. The van der Waals surface area contributed by atoms with E-state index in [0.717, 1.165) is 16.0 Å². The van der Waals surface area contributed by atoms with Crippen LogP contribution in [0, 0.1) is 6.92 Å². The van der Waals surface area contributed by atoms with E-state index in [1.807, 2.05) is 48.7 Å². The topological polar surface area (TPSA) is 68.3 Å². The smallest absolute Gasteiger partial charge is 0.275 e. The van der Waals surface area contributed by atoms with E-state index >= 15 is 0 Å². The predicted octanol–water partition coefficient (Wildman–Crippen LogP) is 3.59. The summed E-state index contributed by atoms with van der Waals surface area (Å²) >= 11 is 1.59. The molecule has 0 bridgehead atoms. The minimum absolute atomic E-state index is 0.114. The number of benzene rings is 1. The molecule has 7 heteroatoms. The van der Waals surface area contributed by atoms with Gasteiger partial charge in [0.05, 0.1) is 30.4 Å². The highest BCUT2D eigenvalue weighted by Crippen LogP contribution is 2.16. The summed E-state index contributed by atoms with van der Waals surface area (Å²) in [5.74, 6) is 0.508. The van der Waals surface area contributed by atoms with E-state index in [2.05, 4.69) is 5.10 Å². The molecule has 1 aromatic carbocycles. The van der Waals surface area contributed by atoms with Crippen LogP contribution >= 0.6 is 11.3 Å². The van der Waals surface area contributed by atoms with Crippen molar-refractivity contribution in [3.05, 3.63) is 86.9 Å². The fourth-order valence-corrected chi connectivity index (χ4v) is 3.87. The third kappa shape index (κ3) is 3.75. The molecule has 0 spiro atoms. The van der Waals surface area contributed by atoms with Crippen molar-refractivity contribution in [2.45, 2.75) is 26.6 Å². The van der Waals surface area contributed by atoms with Crippen LogP contribution in [-0.4, -0.2) is 20.6 Å². The normalized spacial score (nSPS) is 11.0. The van der Waals surface area contributed by atoms with Crippen molar-refractivity contribution in [2.75, 3.05) is 0 Å². The molecule has 4 rings (SSSR count). The van der Waals surface area contributed by atoms with Gasteiger partial charge in [-0.05, 0) is 36.6 Å². The summed E-state index contributed by atoms with van der Waals surface area (Å²) in [4.78, 5) is 28.6. The number of rotatable bonds is 6. The van der Waals surface area contributed by atoms with Gasteiger partial charge in [0.2, 0.25) is 5.91 Å². The molecule has 0 aliphatic rings. The molecule has 0 unspecified atom stereocenters. The molecule has 0 atom stereocenters. The van der Waals surface area contributed by atoms with Gasteiger partial charge in [-0.1, -0.05) is 24.3 Å². The number of aryl methyl sites for hydroxylation is 1. The van der Waals surface area contributed by atoms with Crippen LogP contribution in [0.1, 0.15) is 16.3 Å². The predicted molar refractivity (Wildman–Crippen MR) is 108 cm³/mol. The monoisotopic (exact) mass is 393 g/mol. The van der Waals surface area contributed by atoms with Crippen LogP contribution in [0.15, 0.2) is 69.4 Å². The van der Waals surface area contributed by atoms with Gasteiger partial charge in [0.1, 0.15) is 12.3 Å². The largest absolute Gasteiger partial charge is 0.467 e. The molecule has 6 nitrogen and oxygen atoms in total. The van der Waals surface area contributed by atoms with Gasteiger partial charge in [-0.25, -0.2) is 4.68 Å². The summed E-state index contributed by atoms with van der Waals surface area (Å²) in [5.41, 5.74) is 0.461. The summed E-state index contributed by atoms with van der Waals surface area (Å²) in [7, 11) is 0. The summed E-state index contributed by atoms with van der Waals surface area (Å²) in [6.45, 7) is 2.52. The van der Waals surface area contributed by atoms with E-state index in [1.165, 1.54) is 4.68 Å². The van der Waals surface area contributed by atoms with E-state index in [0.29, 0.717) is 24.2 Å². The number of nitrogens with zero attached hydrogens (tertiary/aromatic N) is 3. The summed E-state index contributed by atoms with van der Waals surface area (Å²) < 4.78 is 6.66. The standard InChI is InChI=1S/C21H19N3O3S/c1-15-18-8-2-3-9-19(18)21(26)24(22-15)14-20(25)23(12-16-6-4-10-27-16)13-17-7-5-11-28-17/h2-11H,12-14H2,1H3. The Morgan fingerprint density at radius 1 is 1.11 bits per heavy atom. The van der Waals surface area contributed by atoms with Crippen molar-refractivity contribution < 1.29 is 9.21 Å². The number of furan rings is 1. The van der Waals surface area contributed by atoms with Gasteiger partial charge in [-0.2, -0.15) is 5.10 Å². The Labute approximate surface area is 165 Å². The molecule has 3 aromatic heterocycles. The lowest BCUT2D eigenvalue weighted by Crippen LogP contribution is -2.36. The molecular weight excluding hydrogens is 374 g/mol. The van der Waals surface area contributed by atoms with Gasteiger partial charge in [0.25, 0.3) is 5.56 Å². The second kappa shape index (κ2) is 7.82. The van der Waals surface area contributed by atoms with Crippen LogP contribution in [0.25, 0.3) is 10.8 Å². The van der Waals surface area contributed by atoms with Crippen molar-refractivity contribution in [2.24, 2.45) is 0 Å². The molecule has 0 fully saturated rings. The average Bonchev–Trinajstić information content (AvgIpc) is 3.39. The molecule has 0 N–H and O–H groups in total. The molecule has 1 amide bonds. The number of aromatic nitrogens is 2. The van der Waals surface area contributed by atoms with Crippen LogP contribution in [-0.2, 0) is 24.4 Å². The lowest BCUT2D eigenvalue weighted by atomic mass is 10.1. The third-order valence-corrected chi connectivity index (χ3v) is 5.40. The summed E-state index contributed by atoms with van der Waals surface area (Å²) in [6.07, 6.45) is 1.59. The van der Waals surface area contributed by atoms with Gasteiger partial charge in [0, 0.05) is 10.3 Å². The van der Waals surface area contributed by atoms with Crippen LogP contribution in [0.2, 0.25) is 0 Å². The molecule has 4 aromatic rings. The van der Waals surface area contributed by atoms with Crippen LogP contribution in [0.5, 0.6) is 0 Å². The van der Waals surface area contributed by atoms with E-state index in [4.69, 9.17) is 4.42 Å². The van der Waals surface area contributed by atoms with Gasteiger partial charge in [-0.15, -0.1) is 11.3 Å². The second-order valence-corrected chi connectivity index (χ2v) is 7.53. The average molecular weight is 393 g/mol. The number of thiophene rings is 1. The number of amides is 1. The molecule has 0 aliphatic carbocycles. The first-order valence-corrected chi connectivity index (χ1v) is 9.79. The zero-order chi connectivity index (χ0) is 19.5. The number of hydrogen-bond donors (Lipinski definition) is 0. The van der Waals surface area contributed by atoms with Crippen LogP contribution in [0.4, 0.5) is 0 Å². The second-order valence-electron chi connectivity index (χ2n) is 6.50. The fourth-order valence-electron chi connectivity index (χ4n) is 3.15. The first kappa shape index (κ1) is 18.2. The maximum Gasteiger partial charge on any atom is 0.275 e. The first-order chi connectivity index (χ1) is 13.6. The minimum atomic E-state index is -0.261. The molecule has 0 radical (unpaired) electrons. The van der Waals surface area contributed by atoms with Crippen molar-refractivity contribution >= 4 is 28.0 Å². The lowest BCUT2D eigenvalue weighted by Gasteiger charge is -2.21. The van der Waals surface area contributed by atoms with E-state index in [9.17, 15) is 9.59 Å². The zero-order valence-corrected chi connectivity index (χ0v) is 16.2. The Kier molecular flexibility index (Phi) is 5.08. The molecule has 0 saturated heterocycles. The Morgan fingerprint density at radius 3 is 2.64 bits per heavy atom. The zero-order valence-electron chi connectivity index (χ0n) is 15.4. The minimum Gasteiger partial charge on any atom is -0.467 e. The highest BCUT2D eigenvalue weighted by Gasteiger charge is 2.19. The third-order valence-electron chi connectivity index (χ3n) is 4.54. The van der Waals surface area contributed by atoms with Crippen molar-refractivity contribution in [3.63, 3.8) is 0 Å². The van der Waals surface area contributed by atoms with Gasteiger partial charge in [0.15, 0.2) is 0 Å². The quantitative estimate of drug-likeness (QED) is 0.502. The SMILES string of the molecule is Cc1nn(CC(=O)N(Cc2ccco2)Cc2cccs2)c(=O)c2ccccc12. The highest BCUT2D eigenvalue weighted by atomic mass is 32.1. The Morgan fingerprint density at radius 2 is 1.93 bits per heavy atom. The number of hydrogen-bond acceptors (Lipinski definition) is 5. The van der Waals surface area contributed by atoms with E-state index in [1.54, 1.807) is 34.6 Å². The van der Waals surface area contributed by atoms with Crippen LogP contribution < -0.4 is 5.56 Å². The fraction of sp³-hybridized carbons (Fsp3) is 0.190. The Balaban J connectivity index is 1.63. The van der Waals surface area contributed by atoms with Crippen molar-refractivity contribution in [1.29, 1.82) is 0 Å². The van der Waals surface area contributed by atoms with Crippen LogP contribution in [0.3, 0.4) is 0 Å². The highest BCUT2D eigenvalue weighted by molar-refractivity contribution is 7.09. The molecule has 0 aliphatic heterocycles. The Hall–Kier alpha value is -3.19. The maximum absolute atomic E-state index is 13.1. The number of carbonyl (C=O) groups is 1. The van der Waals surface area contributed by atoms with Crippen molar-refractivity contribution in [3.8, 4) is 0 Å². The first-order valence-electron chi connectivity index (χ1n) is 8.91. The van der Waals surface area contributed by atoms with E-state index in [-0.39, 0.29) is 18.0 Å². The van der Waals surface area contributed by atoms with Gasteiger partial charge >= 0.3 is 0 Å². The van der Waals surface area contributed by atoms with E-state index < -0.39 is 0 Å². The summed E-state index contributed by atoms with van der Waals surface area (Å²) in [6, 6.07) is 14.9. The molecule has 3 heterocycles. The molecule has 142 valence electrons. The number of carbonyl (C=O) groups excluding carboxylic acids is 1. The molecule has 0 saturated carbocycles.